The highest BCUT2D eigenvalue weighted by atomic mass is 32.4. The maximum Gasteiger partial charge on any atom is 0.0793 e. The van der Waals surface area contributed by atoms with Gasteiger partial charge in [-0.2, -0.15) is 0 Å². The van der Waals surface area contributed by atoms with E-state index in [1.165, 1.54) is 10.6 Å². The van der Waals surface area contributed by atoms with Crippen molar-refractivity contribution in [2.75, 3.05) is 6.16 Å². The predicted octanol–water partition coefficient (Wildman–Crippen LogP) is 4.24. The second-order valence-electron chi connectivity index (χ2n) is 5.85. The maximum absolute atomic E-state index is 10.5. The van der Waals surface area contributed by atoms with E-state index in [-0.39, 0.29) is 0 Å². The lowest BCUT2D eigenvalue weighted by atomic mass is 10.1. The van der Waals surface area contributed by atoms with Crippen molar-refractivity contribution in [1.82, 2.24) is 0 Å². The van der Waals surface area contributed by atoms with E-state index >= 15 is 0 Å². The highest BCUT2D eigenvalue weighted by Gasteiger charge is 2.23. The fraction of sp³-hybridized carbons (Fsp3) is 0.143. The van der Waals surface area contributed by atoms with Crippen LogP contribution in [0.1, 0.15) is 18.1 Å². The average Bonchev–Trinajstić information content (AvgIpc) is 2.68. The summed E-state index contributed by atoms with van der Waals surface area (Å²) < 4.78 is 0. The first-order chi connectivity index (χ1) is 11.7. The zero-order valence-electron chi connectivity index (χ0n) is 13.5. The summed E-state index contributed by atoms with van der Waals surface area (Å²) in [6, 6.07) is 28.7. The van der Waals surface area contributed by atoms with Crippen LogP contribution in [0, 0.1) is 0 Å². The van der Waals surface area contributed by atoms with Gasteiger partial charge in [0.15, 0.2) is 0 Å². The predicted molar refractivity (Wildman–Crippen MR) is 107 cm³/mol. The van der Waals surface area contributed by atoms with Crippen LogP contribution in [0.4, 0.5) is 0 Å². The van der Waals surface area contributed by atoms with Crippen LogP contribution in [0.15, 0.2) is 91.0 Å². The number of rotatable bonds is 6. The van der Waals surface area contributed by atoms with Gasteiger partial charge in [0.2, 0.25) is 0 Å². The first kappa shape index (κ1) is 17.1. The van der Waals surface area contributed by atoms with Crippen LogP contribution < -0.4 is 10.6 Å². The second kappa shape index (κ2) is 7.90. The van der Waals surface area contributed by atoms with E-state index in [0.717, 1.165) is 11.7 Å². The van der Waals surface area contributed by atoms with Crippen molar-refractivity contribution in [2.24, 2.45) is 0 Å². The van der Waals surface area contributed by atoms with Crippen LogP contribution in [-0.2, 0) is 11.8 Å². The topological polar surface area (TPSA) is 20.2 Å². The Hall–Kier alpha value is -1.73. The summed E-state index contributed by atoms with van der Waals surface area (Å²) in [7, 11) is 0. The van der Waals surface area contributed by atoms with Gasteiger partial charge in [0.25, 0.3) is 0 Å². The third kappa shape index (κ3) is 3.84. The summed E-state index contributed by atoms with van der Waals surface area (Å²) in [5, 5.41) is 13.0. The summed E-state index contributed by atoms with van der Waals surface area (Å²) in [4.78, 5) is 0. The van der Waals surface area contributed by atoms with Crippen molar-refractivity contribution in [1.29, 1.82) is 0 Å². The molecule has 3 aromatic carbocycles. The Morgan fingerprint density at radius 3 is 1.58 bits per heavy atom. The van der Waals surface area contributed by atoms with Crippen LogP contribution in [0.25, 0.3) is 0 Å². The van der Waals surface area contributed by atoms with E-state index in [2.05, 4.69) is 24.3 Å². The normalized spacial score (nSPS) is 12.7. The van der Waals surface area contributed by atoms with Crippen LogP contribution in [0.3, 0.4) is 0 Å². The highest BCUT2D eigenvalue weighted by Crippen LogP contribution is 2.45. The van der Waals surface area contributed by atoms with Gasteiger partial charge in [-0.3, -0.25) is 0 Å². The molecule has 1 unspecified atom stereocenters. The summed E-state index contributed by atoms with van der Waals surface area (Å²) in [6.07, 6.45) is 1.01. The molecule has 1 nitrogen and oxygen atoms in total. The third-order valence-corrected chi connectivity index (χ3v) is 9.21. The molecule has 0 aliphatic heterocycles. The molecule has 1 atom stereocenters. The van der Waals surface area contributed by atoms with Crippen LogP contribution in [0.5, 0.6) is 0 Å². The van der Waals surface area contributed by atoms with Gasteiger partial charge < -0.3 is 5.11 Å². The van der Waals surface area contributed by atoms with Crippen molar-refractivity contribution in [3.05, 3.63) is 96.6 Å². The molecule has 0 aromatic heterocycles. The van der Waals surface area contributed by atoms with Crippen molar-refractivity contribution >= 4 is 28.5 Å². The summed E-state index contributed by atoms with van der Waals surface area (Å²) in [6.45, 7) is 0. The standard InChI is InChI=1S/C21H21OPS/c22-21(18-10-4-1-5-11-18)16-17-23(24,19-12-6-2-7-13-19)20-14-8-3-9-15-20/h1-15,21-22H,16-17H2. The molecular weight excluding hydrogens is 331 g/mol. The van der Waals surface area contributed by atoms with E-state index in [0.29, 0.717) is 6.42 Å². The van der Waals surface area contributed by atoms with Gasteiger partial charge in [0.1, 0.15) is 0 Å². The van der Waals surface area contributed by atoms with Gasteiger partial charge in [-0.15, -0.1) is 0 Å². The van der Waals surface area contributed by atoms with E-state index in [1.807, 2.05) is 66.7 Å². The zero-order chi connectivity index (χ0) is 16.8. The van der Waals surface area contributed by atoms with Crippen molar-refractivity contribution in [2.45, 2.75) is 12.5 Å². The molecule has 0 aliphatic carbocycles. The van der Waals surface area contributed by atoms with Crippen LogP contribution in [0.2, 0.25) is 0 Å². The van der Waals surface area contributed by atoms with E-state index in [9.17, 15) is 5.11 Å². The quantitative estimate of drug-likeness (QED) is 0.670. The molecule has 0 heterocycles. The van der Waals surface area contributed by atoms with Crippen LogP contribution >= 0.6 is 6.04 Å². The molecule has 0 amide bonds. The molecule has 3 aromatic rings. The van der Waals surface area contributed by atoms with Crippen molar-refractivity contribution in [3.8, 4) is 0 Å². The van der Waals surface area contributed by atoms with Gasteiger partial charge in [0, 0.05) is 6.04 Å². The largest absolute Gasteiger partial charge is 0.388 e. The lowest BCUT2D eigenvalue weighted by molar-refractivity contribution is 0.175. The molecule has 24 heavy (non-hydrogen) atoms. The molecule has 0 spiro atoms. The minimum Gasteiger partial charge on any atom is -0.388 e. The molecule has 0 radical (unpaired) electrons. The van der Waals surface area contributed by atoms with Crippen molar-refractivity contribution < 1.29 is 5.11 Å². The first-order valence-electron chi connectivity index (χ1n) is 8.13. The molecule has 1 N–H and O–H groups in total. The average molecular weight is 352 g/mol. The Balaban J connectivity index is 1.88. The smallest absolute Gasteiger partial charge is 0.0793 e. The lowest BCUT2D eigenvalue weighted by Crippen LogP contribution is -2.19. The second-order valence-corrected chi connectivity index (χ2v) is 10.7. The molecule has 3 rings (SSSR count). The maximum atomic E-state index is 10.5. The molecule has 3 heteroatoms. The van der Waals surface area contributed by atoms with Crippen LogP contribution in [-0.4, -0.2) is 11.3 Å². The highest BCUT2D eigenvalue weighted by molar-refractivity contribution is 8.21. The van der Waals surface area contributed by atoms with E-state index in [4.69, 9.17) is 11.8 Å². The van der Waals surface area contributed by atoms with Crippen molar-refractivity contribution in [3.63, 3.8) is 0 Å². The van der Waals surface area contributed by atoms with Gasteiger partial charge >= 0.3 is 0 Å². The third-order valence-electron chi connectivity index (χ3n) is 4.25. The van der Waals surface area contributed by atoms with E-state index in [1.54, 1.807) is 0 Å². The number of hydrogen-bond donors (Lipinski definition) is 1. The SMILES string of the molecule is OC(CCP(=S)(c1ccccc1)c1ccccc1)c1ccccc1. The Bertz CT molecular complexity index is 760. The summed E-state index contributed by atoms with van der Waals surface area (Å²) in [5.74, 6) is 0. The molecule has 0 bridgehead atoms. The minimum atomic E-state index is -1.93. The monoisotopic (exact) mass is 352 g/mol. The fourth-order valence-corrected chi connectivity index (χ4v) is 6.67. The number of aliphatic hydroxyl groups is 1. The fourth-order valence-electron chi connectivity index (χ4n) is 2.89. The number of aliphatic hydroxyl groups excluding tert-OH is 1. The van der Waals surface area contributed by atoms with Gasteiger partial charge in [-0.1, -0.05) is 103 Å². The number of hydrogen-bond acceptors (Lipinski definition) is 2. The Morgan fingerprint density at radius 1 is 0.708 bits per heavy atom. The van der Waals surface area contributed by atoms with Gasteiger partial charge in [0.05, 0.1) is 6.10 Å². The molecule has 122 valence electrons. The Kier molecular flexibility index (Phi) is 5.63. The van der Waals surface area contributed by atoms with Gasteiger partial charge in [-0.25, -0.2) is 0 Å². The summed E-state index contributed by atoms with van der Waals surface area (Å²) in [5.41, 5.74) is 0.958. The van der Waals surface area contributed by atoms with E-state index < -0.39 is 12.1 Å². The molecule has 0 saturated carbocycles. The first-order valence-corrected chi connectivity index (χ1v) is 11.1. The molecule has 0 fully saturated rings. The Labute approximate surface area is 149 Å². The minimum absolute atomic E-state index is 0.471. The molecule has 0 aliphatic rings. The van der Waals surface area contributed by atoms with Gasteiger partial charge in [-0.05, 0) is 28.8 Å². The summed E-state index contributed by atoms with van der Waals surface area (Å²) >= 11 is 6.20. The lowest BCUT2D eigenvalue weighted by Gasteiger charge is -2.24. The Morgan fingerprint density at radius 2 is 1.12 bits per heavy atom. The molecular formula is C21H21OPS. The zero-order valence-corrected chi connectivity index (χ0v) is 15.2. The number of benzene rings is 3. The molecule has 0 saturated heterocycles.